The van der Waals surface area contributed by atoms with E-state index < -0.39 is 12.8 Å². The summed E-state index contributed by atoms with van der Waals surface area (Å²) in [5.41, 5.74) is 0. The molecule has 0 bridgehead atoms. The number of alkyl halides is 3. The smallest absolute Gasteiger partial charge is 0.369 e. The van der Waals surface area contributed by atoms with Crippen LogP contribution >= 0.6 is 11.3 Å². The molecule has 0 unspecified atom stereocenters. The lowest BCUT2D eigenvalue weighted by atomic mass is 10.3. The molecule has 0 spiro atoms. The molecule has 0 aliphatic heterocycles. The predicted molar refractivity (Wildman–Crippen MR) is 71.9 cm³/mol. The van der Waals surface area contributed by atoms with Crippen LogP contribution in [0, 0.1) is 0 Å². The Labute approximate surface area is 118 Å². The van der Waals surface area contributed by atoms with Gasteiger partial charge < -0.3 is 10.1 Å². The van der Waals surface area contributed by atoms with Crippen LogP contribution < -0.4 is 5.32 Å². The third-order valence-electron chi connectivity index (χ3n) is 2.41. The van der Waals surface area contributed by atoms with E-state index in [1.54, 1.807) is 0 Å². The zero-order chi connectivity index (χ0) is 14.6. The molecule has 1 N–H and O–H groups in total. The number of halogens is 3. The Bertz CT molecular complexity index is 571. The molecule has 0 amide bonds. The molecule has 2 aromatic rings. The minimum Gasteiger partial charge on any atom is -0.369 e. The summed E-state index contributed by atoms with van der Waals surface area (Å²) in [7, 11) is 0. The normalized spacial score (nSPS) is 12.0. The fourth-order valence-electron chi connectivity index (χ4n) is 1.60. The number of ether oxygens (including phenoxy) is 1. The van der Waals surface area contributed by atoms with E-state index in [1.165, 1.54) is 11.3 Å². The molecule has 8 heteroatoms. The van der Waals surface area contributed by atoms with Crippen LogP contribution in [0.15, 0.2) is 11.4 Å². The topological polar surface area (TPSA) is 47.0 Å². The number of rotatable bonds is 6. The molecule has 0 aliphatic carbocycles. The van der Waals surface area contributed by atoms with E-state index in [4.69, 9.17) is 0 Å². The van der Waals surface area contributed by atoms with Crippen molar-refractivity contribution in [3.8, 4) is 0 Å². The lowest BCUT2D eigenvalue weighted by Gasteiger charge is -2.09. The molecule has 0 aromatic carbocycles. The summed E-state index contributed by atoms with van der Waals surface area (Å²) in [6.45, 7) is 1.21. The molecule has 0 atom stereocenters. The first kappa shape index (κ1) is 15.0. The largest absolute Gasteiger partial charge is 0.411 e. The Balaban J connectivity index is 2.12. The van der Waals surface area contributed by atoms with Crippen LogP contribution in [0.1, 0.15) is 19.2 Å². The number of hydrogen-bond donors (Lipinski definition) is 1. The summed E-state index contributed by atoms with van der Waals surface area (Å²) in [5, 5.41) is 5.90. The minimum atomic E-state index is -4.34. The van der Waals surface area contributed by atoms with Crippen molar-refractivity contribution in [2.45, 2.75) is 26.1 Å². The predicted octanol–water partition coefficient (Wildman–Crippen LogP) is 3.59. The summed E-state index contributed by atoms with van der Waals surface area (Å²) in [6.07, 6.45) is -3.41. The van der Waals surface area contributed by atoms with Crippen LogP contribution in [0.5, 0.6) is 0 Å². The molecule has 4 nitrogen and oxygen atoms in total. The van der Waals surface area contributed by atoms with Gasteiger partial charge in [0.2, 0.25) is 0 Å². The van der Waals surface area contributed by atoms with E-state index in [0.29, 0.717) is 5.82 Å². The van der Waals surface area contributed by atoms with Crippen molar-refractivity contribution < 1.29 is 17.9 Å². The number of nitrogens with zero attached hydrogens (tertiary/aromatic N) is 2. The second-order valence-electron chi connectivity index (χ2n) is 4.16. The molecule has 0 saturated heterocycles. The third kappa shape index (κ3) is 4.04. The second-order valence-corrected chi connectivity index (χ2v) is 5.06. The van der Waals surface area contributed by atoms with Crippen molar-refractivity contribution in [3.63, 3.8) is 0 Å². The molecule has 20 heavy (non-hydrogen) atoms. The molecule has 2 rings (SSSR count). The Morgan fingerprint density at radius 1 is 1.35 bits per heavy atom. The maximum atomic E-state index is 12.0. The van der Waals surface area contributed by atoms with Crippen molar-refractivity contribution in [1.82, 2.24) is 9.97 Å². The number of nitrogens with one attached hydrogen (secondary N) is 1. The number of aromatic nitrogens is 2. The van der Waals surface area contributed by atoms with Gasteiger partial charge in [-0.3, -0.25) is 0 Å². The number of fused-ring (bicyclic) bond motifs is 1. The van der Waals surface area contributed by atoms with Crippen molar-refractivity contribution in [1.29, 1.82) is 0 Å². The molecule has 2 aromatic heterocycles. The Hall–Kier alpha value is -1.41. The molecule has 0 radical (unpaired) electrons. The summed E-state index contributed by atoms with van der Waals surface area (Å²) >= 11 is 1.42. The maximum absolute atomic E-state index is 12.0. The van der Waals surface area contributed by atoms with Gasteiger partial charge in [-0.25, -0.2) is 9.97 Å². The zero-order valence-electron chi connectivity index (χ0n) is 10.8. The summed E-state index contributed by atoms with van der Waals surface area (Å²) in [5.74, 6) is 0.895. The van der Waals surface area contributed by atoms with Gasteiger partial charge in [-0.2, -0.15) is 13.2 Å². The number of anilines is 1. The average Bonchev–Trinajstić information content (AvgIpc) is 2.82. The minimum absolute atomic E-state index is 0.253. The maximum Gasteiger partial charge on any atom is 0.411 e. The van der Waals surface area contributed by atoms with Gasteiger partial charge in [-0.05, 0) is 17.9 Å². The van der Waals surface area contributed by atoms with Crippen molar-refractivity contribution in [3.05, 3.63) is 17.3 Å². The van der Waals surface area contributed by atoms with E-state index in [2.05, 4.69) is 20.0 Å². The highest BCUT2D eigenvalue weighted by Crippen LogP contribution is 2.25. The fourth-order valence-corrected chi connectivity index (χ4v) is 2.38. The molecule has 110 valence electrons. The first-order valence-electron chi connectivity index (χ1n) is 6.12. The molecular formula is C12H14F3N3OS. The van der Waals surface area contributed by atoms with Gasteiger partial charge >= 0.3 is 6.18 Å². The Kier molecular flexibility index (Phi) is 4.77. The zero-order valence-corrected chi connectivity index (χ0v) is 11.6. The molecular weight excluding hydrogens is 291 g/mol. The van der Waals surface area contributed by atoms with Crippen LogP contribution in [-0.2, 0) is 11.3 Å². The number of thiophene rings is 1. The molecule has 0 aliphatic rings. The van der Waals surface area contributed by atoms with Crippen LogP contribution in [0.4, 0.5) is 19.0 Å². The first-order valence-corrected chi connectivity index (χ1v) is 7.00. The summed E-state index contributed by atoms with van der Waals surface area (Å²) in [6, 6.07) is 1.89. The first-order chi connectivity index (χ1) is 9.49. The van der Waals surface area contributed by atoms with Gasteiger partial charge in [0, 0.05) is 6.54 Å². The van der Waals surface area contributed by atoms with Crippen molar-refractivity contribution in [2.75, 3.05) is 18.5 Å². The van der Waals surface area contributed by atoms with E-state index in [-0.39, 0.29) is 12.4 Å². The van der Waals surface area contributed by atoms with Gasteiger partial charge in [0.25, 0.3) is 0 Å². The summed E-state index contributed by atoms with van der Waals surface area (Å²) < 4.78 is 40.7. The van der Waals surface area contributed by atoms with E-state index in [0.717, 1.165) is 23.2 Å². The monoisotopic (exact) mass is 305 g/mol. The third-order valence-corrected chi connectivity index (χ3v) is 3.22. The molecule has 0 saturated carbocycles. The standard InChI is InChI=1S/C12H14F3N3OS/c1-2-4-16-10-8-3-5-20-11(8)18-9(17-10)6-19-7-12(13,14)15/h3,5H,2,4,6-7H2,1H3,(H,16,17,18). The van der Waals surface area contributed by atoms with E-state index in [1.807, 2.05) is 18.4 Å². The highest BCUT2D eigenvalue weighted by atomic mass is 32.1. The quantitative estimate of drug-likeness (QED) is 0.886. The van der Waals surface area contributed by atoms with E-state index >= 15 is 0 Å². The van der Waals surface area contributed by atoms with Crippen LogP contribution in [0.3, 0.4) is 0 Å². The average molecular weight is 305 g/mol. The Morgan fingerprint density at radius 3 is 2.85 bits per heavy atom. The second kappa shape index (κ2) is 6.36. The van der Waals surface area contributed by atoms with Gasteiger partial charge in [0.1, 0.15) is 23.9 Å². The SMILES string of the molecule is CCCNc1nc(COCC(F)(F)F)nc2sccc12. The number of hydrogen-bond acceptors (Lipinski definition) is 5. The molecule has 2 heterocycles. The van der Waals surface area contributed by atoms with Gasteiger partial charge in [0.15, 0.2) is 5.82 Å². The lowest BCUT2D eigenvalue weighted by molar-refractivity contribution is -0.177. The van der Waals surface area contributed by atoms with Crippen molar-refractivity contribution in [2.24, 2.45) is 0 Å². The highest BCUT2D eigenvalue weighted by molar-refractivity contribution is 7.16. The highest BCUT2D eigenvalue weighted by Gasteiger charge is 2.27. The fraction of sp³-hybridized carbons (Fsp3) is 0.500. The molecule has 0 fully saturated rings. The van der Waals surface area contributed by atoms with Crippen LogP contribution in [0.2, 0.25) is 0 Å². The van der Waals surface area contributed by atoms with Crippen LogP contribution in [0.25, 0.3) is 10.2 Å². The van der Waals surface area contributed by atoms with Gasteiger partial charge in [-0.1, -0.05) is 6.92 Å². The summed E-state index contributed by atoms with van der Waals surface area (Å²) in [4.78, 5) is 9.16. The van der Waals surface area contributed by atoms with Crippen LogP contribution in [-0.4, -0.2) is 29.3 Å². The lowest BCUT2D eigenvalue weighted by Crippen LogP contribution is -2.17. The van der Waals surface area contributed by atoms with E-state index in [9.17, 15) is 13.2 Å². The Morgan fingerprint density at radius 2 is 2.15 bits per heavy atom. The van der Waals surface area contributed by atoms with Crippen molar-refractivity contribution >= 4 is 27.4 Å². The van der Waals surface area contributed by atoms with Gasteiger partial charge in [0.05, 0.1) is 5.39 Å². The van der Waals surface area contributed by atoms with Gasteiger partial charge in [-0.15, -0.1) is 11.3 Å².